The highest BCUT2D eigenvalue weighted by molar-refractivity contribution is 7.17. The van der Waals surface area contributed by atoms with Gasteiger partial charge in [-0.1, -0.05) is 18.2 Å². The third kappa shape index (κ3) is 3.22. The van der Waals surface area contributed by atoms with E-state index in [1.54, 1.807) is 37.3 Å². The quantitative estimate of drug-likeness (QED) is 0.633. The van der Waals surface area contributed by atoms with E-state index in [0.29, 0.717) is 15.9 Å². The number of nitrogens with zero attached hydrogens (tertiary/aromatic N) is 2. The summed E-state index contributed by atoms with van der Waals surface area (Å²) in [6.07, 6.45) is 0. The molecule has 0 fully saturated rings. The molecule has 0 spiro atoms. The number of para-hydroxylation sites is 1. The normalized spacial score (nSPS) is 10.7. The smallest absolute Gasteiger partial charge is 0.308 e. The summed E-state index contributed by atoms with van der Waals surface area (Å²) in [7, 11) is 1.54. The maximum atomic E-state index is 13.3. The van der Waals surface area contributed by atoms with E-state index in [2.05, 4.69) is 0 Å². The number of amides is 2. The molecule has 3 aromatic rings. The van der Waals surface area contributed by atoms with Gasteiger partial charge in [0.05, 0.1) is 11.1 Å². The number of imide groups is 1. The summed E-state index contributed by atoms with van der Waals surface area (Å²) in [5.74, 6) is -2.18. The van der Waals surface area contributed by atoms with Crippen LogP contribution in [-0.4, -0.2) is 22.4 Å². The number of hydrogen-bond acceptors (Lipinski definition) is 6. The minimum absolute atomic E-state index is 0.114. The lowest BCUT2D eigenvalue weighted by Crippen LogP contribution is -2.40. The highest BCUT2D eigenvalue weighted by atomic mass is 32.1. The molecule has 144 valence electrons. The molecule has 2 heterocycles. The Balaban J connectivity index is 2.35. The van der Waals surface area contributed by atoms with Crippen LogP contribution in [0, 0.1) is 6.92 Å². The molecule has 0 saturated heterocycles. The fourth-order valence-electron chi connectivity index (χ4n) is 3.00. The summed E-state index contributed by atoms with van der Waals surface area (Å²) in [5, 5.41) is 2.31. The maximum absolute atomic E-state index is 13.3. The fraction of sp³-hybridized carbons (Fsp3) is 0.200. The van der Waals surface area contributed by atoms with Crippen LogP contribution in [-0.2, 0) is 16.6 Å². The molecule has 8 heteroatoms. The van der Waals surface area contributed by atoms with Crippen molar-refractivity contribution in [3.8, 4) is 5.75 Å². The molecular formula is C20H18N2O5S. The summed E-state index contributed by atoms with van der Waals surface area (Å²) in [6.45, 7) is 4.22. The van der Waals surface area contributed by atoms with Crippen molar-refractivity contribution in [2.45, 2.75) is 20.8 Å². The Labute approximate surface area is 164 Å². The van der Waals surface area contributed by atoms with Gasteiger partial charge in [0.25, 0.3) is 11.5 Å². The van der Waals surface area contributed by atoms with Gasteiger partial charge >= 0.3 is 5.97 Å². The van der Waals surface area contributed by atoms with Crippen LogP contribution in [0.2, 0.25) is 0 Å². The van der Waals surface area contributed by atoms with Gasteiger partial charge in [-0.15, -0.1) is 11.3 Å². The minimum atomic E-state index is -0.844. The van der Waals surface area contributed by atoms with E-state index in [4.69, 9.17) is 4.74 Å². The number of ether oxygens (including phenoxy) is 1. The summed E-state index contributed by atoms with van der Waals surface area (Å²) >= 11 is 1.31. The third-order valence-electron chi connectivity index (χ3n) is 4.22. The van der Waals surface area contributed by atoms with Crippen molar-refractivity contribution in [2.24, 2.45) is 7.05 Å². The molecular weight excluding hydrogens is 380 g/mol. The first kappa shape index (κ1) is 19.5. The average Bonchev–Trinajstić information content (AvgIpc) is 3.02. The SMILES string of the molecule is CC(=O)Oc1c(C(=O)N(C(C)=O)c2ccccc2)c(=O)n(C)c2scc(C)c12. The number of thiophene rings is 1. The molecule has 0 bridgehead atoms. The van der Waals surface area contributed by atoms with Crippen LogP contribution >= 0.6 is 11.3 Å². The standard InChI is InChI=1S/C20H18N2O5S/c1-11-10-28-20-15(11)17(27-13(3)24)16(18(25)21(20)4)19(26)22(12(2)23)14-8-6-5-7-9-14/h5-10H,1-4H3. The summed E-state index contributed by atoms with van der Waals surface area (Å²) < 4.78 is 6.65. The molecule has 7 nitrogen and oxygen atoms in total. The van der Waals surface area contributed by atoms with Crippen molar-refractivity contribution in [2.75, 3.05) is 4.90 Å². The molecule has 3 rings (SSSR count). The zero-order chi connectivity index (χ0) is 20.6. The van der Waals surface area contributed by atoms with E-state index < -0.39 is 23.3 Å². The van der Waals surface area contributed by atoms with E-state index in [0.717, 1.165) is 10.5 Å². The van der Waals surface area contributed by atoms with Crippen LogP contribution in [0.15, 0.2) is 40.5 Å². The molecule has 0 atom stereocenters. The molecule has 0 saturated carbocycles. The Kier molecular flexibility index (Phi) is 5.15. The topological polar surface area (TPSA) is 85.7 Å². The van der Waals surface area contributed by atoms with Crippen LogP contribution in [0.1, 0.15) is 29.8 Å². The largest absolute Gasteiger partial charge is 0.425 e. The second-order valence-electron chi connectivity index (χ2n) is 6.26. The van der Waals surface area contributed by atoms with Gasteiger partial charge in [-0.25, -0.2) is 4.90 Å². The monoisotopic (exact) mass is 398 g/mol. The van der Waals surface area contributed by atoms with Crippen molar-refractivity contribution >= 4 is 45.0 Å². The van der Waals surface area contributed by atoms with Crippen molar-refractivity contribution in [3.63, 3.8) is 0 Å². The number of esters is 1. The van der Waals surface area contributed by atoms with Gasteiger partial charge in [0, 0.05) is 20.9 Å². The van der Waals surface area contributed by atoms with Crippen molar-refractivity contribution in [3.05, 3.63) is 57.2 Å². The van der Waals surface area contributed by atoms with Crippen LogP contribution in [0.5, 0.6) is 5.75 Å². The van der Waals surface area contributed by atoms with Gasteiger partial charge in [0.15, 0.2) is 5.75 Å². The molecule has 0 unspecified atom stereocenters. The van der Waals surface area contributed by atoms with E-state index in [1.807, 2.05) is 5.38 Å². The first-order valence-electron chi connectivity index (χ1n) is 8.43. The molecule has 0 aliphatic heterocycles. The number of hydrogen-bond donors (Lipinski definition) is 0. The molecule has 0 aliphatic carbocycles. The Morgan fingerprint density at radius 1 is 1.11 bits per heavy atom. The molecule has 0 aliphatic rings. The van der Waals surface area contributed by atoms with Gasteiger partial charge in [-0.2, -0.15) is 0 Å². The second kappa shape index (κ2) is 7.40. The molecule has 2 aromatic heterocycles. The fourth-order valence-corrected chi connectivity index (χ4v) is 4.02. The van der Waals surface area contributed by atoms with Crippen molar-refractivity contribution in [1.82, 2.24) is 4.57 Å². The molecule has 0 radical (unpaired) electrons. The number of carbonyl (C=O) groups is 3. The number of pyridine rings is 1. The lowest BCUT2D eigenvalue weighted by molar-refractivity contribution is -0.131. The number of benzene rings is 1. The zero-order valence-corrected chi connectivity index (χ0v) is 16.6. The number of aryl methyl sites for hydroxylation is 2. The first-order valence-corrected chi connectivity index (χ1v) is 9.31. The first-order chi connectivity index (χ1) is 13.2. The summed E-state index contributed by atoms with van der Waals surface area (Å²) in [6, 6.07) is 8.27. The highest BCUT2D eigenvalue weighted by Crippen LogP contribution is 2.35. The van der Waals surface area contributed by atoms with Crippen molar-refractivity contribution in [1.29, 1.82) is 0 Å². The van der Waals surface area contributed by atoms with Gasteiger partial charge < -0.3 is 9.30 Å². The van der Waals surface area contributed by atoms with Crippen LogP contribution in [0.25, 0.3) is 10.2 Å². The predicted octanol–water partition coefficient (Wildman–Crippen LogP) is 3.03. The average molecular weight is 398 g/mol. The Morgan fingerprint density at radius 3 is 2.32 bits per heavy atom. The minimum Gasteiger partial charge on any atom is -0.425 e. The van der Waals surface area contributed by atoms with Gasteiger partial charge in [-0.3, -0.25) is 19.2 Å². The molecule has 2 amide bonds. The van der Waals surface area contributed by atoms with Gasteiger partial charge in [0.2, 0.25) is 5.91 Å². The summed E-state index contributed by atoms with van der Waals surface area (Å²) in [4.78, 5) is 51.8. The maximum Gasteiger partial charge on any atom is 0.308 e. The van der Waals surface area contributed by atoms with Gasteiger partial charge in [-0.05, 0) is 30.0 Å². The van der Waals surface area contributed by atoms with E-state index in [-0.39, 0.29) is 11.3 Å². The van der Waals surface area contributed by atoms with Crippen LogP contribution < -0.4 is 15.2 Å². The van der Waals surface area contributed by atoms with E-state index in [1.165, 1.54) is 36.8 Å². The number of rotatable bonds is 3. The lowest BCUT2D eigenvalue weighted by Gasteiger charge is -2.21. The number of aromatic nitrogens is 1. The molecule has 0 N–H and O–H groups in total. The molecule has 28 heavy (non-hydrogen) atoms. The lowest BCUT2D eigenvalue weighted by atomic mass is 10.1. The molecule has 1 aromatic carbocycles. The number of anilines is 1. The van der Waals surface area contributed by atoms with E-state index in [9.17, 15) is 19.2 Å². The predicted molar refractivity (Wildman–Crippen MR) is 107 cm³/mol. The van der Waals surface area contributed by atoms with Crippen LogP contribution in [0.3, 0.4) is 0 Å². The van der Waals surface area contributed by atoms with Crippen molar-refractivity contribution < 1.29 is 19.1 Å². The number of fused-ring (bicyclic) bond motifs is 1. The van der Waals surface area contributed by atoms with Gasteiger partial charge in [0.1, 0.15) is 10.4 Å². The van der Waals surface area contributed by atoms with E-state index >= 15 is 0 Å². The highest BCUT2D eigenvalue weighted by Gasteiger charge is 2.31. The number of carbonyl (C=O) groups excluding carboxylic acids is 3. The zero-order valence-electron chi connectivity index (χ0n) is 15.8. The Hall–Kier alpha value is -3.26. The second-order valence-corrected chi connectivity index (χ2v) is 7.11. The Bertz CT molecular complexity index is 1160. The Morgan fingerprint density at radius 2 is 1.75 bits per heavy atom. The van der Waals surface area contributed by atoms with Crippen LogP contribution in [0.4, 0.5) is 5.69 Å². The third-order valence-corrected chi connectivity index (χ3v) is 5.40. The summed E-state index contributed by atoms with van der Waals surface area (Å²) in [5.41, 5.74) is 0.0801.